The summed E-state index contributed by atoms with van der Waals surface area (Å²) in [5.41, 5.74) is 1.74. The van der Waals surface area contributed by atoms with Crippen molar-refractivity contribution in [1.82, 2.24) is 9.88 Å². The third kappa shape index (κ3) is 2.58. The SMILES string of the molecule is C=C(CC)C(=O)N1CCOc2c(C#N)cncc2C1. The molecule has 0 unspecified atom stereocenters. The Kier molecular flexibility index (Phi) is 3.81. The first-order chi connectivity index (χ1) is 9.17. The Morgan fingerprint density at radius 2 is 2.42 bits per heavy atom. The van der Waals surface area contributed by atoms with Crippen LogP contribution in [0.2, 0.25) is 0 Å². The fourth-order valence-corrected chi connectivity index (χ4v) is 1.95. The average Bonchev–Trinajstić information content (AvgIpc) is 2.67. The second-order valence-electron chi connectivity index (χ2n) is 4.32. The van der Waals surface area contributed by atoms with Crippen molar-refractivity contribution in [3.05, 3.63) is 35.7 Å². The number of fused-ring (bicyclic) bond motifs is 1. The molecule has 5 heteroatoms. The lowest BCUT2D eigenvalue weighted by atomic mass is 10.1. The number of nitrogens with zero attached hydrogens (tertiary/aromatic N) is 3. The number of amides is 1. The number of nitriles is 1. The van der Waals surface area contributed by atoms with Gasteiger partial charge in [-0.15, -0.1) is 0 Å². The van der Waals surface area contributed by atoms with Crippen LogP contribution in [0.3, 0.4) is 0 Å². The monoisotopic (exact) mass is 257 g/mol. The molecule has 0 aliphatic carbocycles. The van der Waals surface area contributed by atoms with Gasteiger partial charge in [-0.05, 0) is 6.42 Å². The van der Waals surface area contributed by atoms with Gasteiger partial charge >= 0.3 is 0 Å². The summed E-state index contributed by atoms with van der Waals surface area (Å²) in [4.78, 5) is 17.8. The highest BCUT2D eigenvalue weighted by atomic mass is 16.5. The third-order valence-electron chi connectivity index (χ3n) is 3.08. The van der Waals surface area contributed by atoms with E-state index in [1.807, 2.05) is 6.92 Å². The summed E-state index contributed by atoms with van der Waals surface area (Å²) in [7, 11) is 0. The Hall–Kier alpha value is -2.35. The molecule has 1 aromatic heterocycles. The summed E-state index contributed by atoms with van der Waals surface area (Å²) in [6.45, 7) is 6.92. The number of carbonyl (C=O) groups is 1. The zero-order valence-electron chi connectivity index (χ0n) is 10.8. The molecule has 19 heavy (non-hydrogen) atoms. The van der Waals surface area contributed by atoms with Gasteiger partial charge in [-0.2, -0.15) is 5.26 Å². The zero-order valence-corrected chi connectivity index (χ0v) is 10.8. The zero-order chi connectivity index (χ0) is 13.8. The van der Waals surface area contributed by atoms with Gasteiger partial charge in [0.2, 0.25) is 5.91 Å². The van der Waals surface area contributed by atoms with E-state index in [0.29, 0.717) is 43.0 Å². The van der Waals surface area contributed by atoms with Gasteiger partial charge in [0, 0.05) is 23.5 Å². The minimum atomic E-state index is -0.0682. The van der Waals surface area contributed by atoms with E-state index in [2.05, 4.69) is 17.6 Å². The molecule has 98 valence electrons. The Balaban J connectivity index is 2.29. The molecule has 0 saturated carbocycles. The van der Waals surface area contributed by atoms with Crippen LogP contribution < -0.4 is 4.74 Å². The molecule has 0 fully saturated rings. The lowest BCUT2D eigenvalue weighted by Gasteiger charge is -2.20. The van der Waals surface area contributed by atoms with Gasteiger partial charge in [0.25, 0.3) is 0 Å². The van der Waals surface area contributed by atoms with Crippen molar-refractivity contribution in [2.75, 3.05) is 13.2 Å². The number of hydrogen-bond donors (Lipinski definition) is 0. The first-order valence-electron chi connectivity index (χ1n) is 6.14. The van der Waals surface area contributed by atoms with E-state index in [1.54, 1.807) is 11.1 Å². The van der Waals surface area contributed by atoms with E-state index in [1.165, 1.54) is 6.20 Å². The lowest BCUT2D eigenvalue weighted by molar-refractivity contribution is -0.127. The maximum atomic E-state index is 12.1. The smallest absolute Gasteiger partial charge is 0.249 e. The molecule has 0 N–H and O–H groups in total. The fourth-order valence-electron chi connectivity index (χ4n) is 1.95. The third-order valence-corrected chi connectivity index (χ3v) is 3.08. The Labute approximate surface area is 112 Å². The molecule has 1 aliphatic rings. The van der Waals surface area contributed by atoms with Crippen molar-refractivity contribution in [1.29, 1.82) is 5.26 Å². The number of ether oxygens (including phenoxy) is 1. The summed E-state index contributed by atoms with van der Waals surface area (Å²) in [5, 5.41) is 9.02. The fraction of sp³-hybridized carbons (Fsp3) is 0.357. The number of carbonyl (C=O) groups excluding carboxylic acids is 1. The predicted octanol–water partition coefficient (Wildman–Crippen LogP) is 1.64. The van der Waals surface area contributed by atoms with E-state index in [-0.39, 0.29) is 5.91 Å². The maximum absolute atomic E-state index is 12.1. The van der Waals surface area contributed by atoms with E-state index < -0.39 is 0 Å². The van der Waals surface area contributed by atoms with Gasteiger partial charge in [0.15, 0.2) is 0 Å². The second-order valence-corrected chi connectivity index (χ2v) is 4.32. The molecule has 2 rings (SSSR count). The number of rotatable bonds is 2. The highest BCUT2D eigenvalue weighted by molar-refractivity contribution is 5.92. The van der Waals surface area contributed by atoms with Crippen LogP contribution in [0.25, 0.3) is 0 Å². The minimum Gasteiger partial charge on any atom is -0.490 e. The lowest BCUT2D eigenvalue weighted by Crippen LogP contribution is -2.33. The van der Waals surface area contributed by atoms with Gasteiger partial charge in [-0.1, -0.05) is 13.5 Å². The van der Waals surface area contributed by atoms with Crippen LogP contribution in [-0.2, 0) is 11.3 Å². The summed E-state index contributed by atoms with van der Waals surface area (Å²) >= 11 is 0. The minimum absolute atomic E-state index is 0.0682. The highest BCUT2D eigenvalue weighted by Gasteiger charge is 2.22. The molecule has 0 radical (unpaired) electrons. The molecule has 1 aromatic rings. The molecule has 0 spiro atoms. The molecule has 0 bridgehead atoms. The molecule has 0 aromatic carbocycles. The van der Waals surface area contributed by atoms with Gasteiger partial charge in [-0.25, -0.2) is 0 Å². The van der Waals surface area contributed by atoms with E-state index in [9.17, 15) is 4.79 Å². The van der Waals surface area contributed by atoms with Crippen molar-refractivity contribution in [2.45, 2.75) is 19.9 Å². The number of hydrogen-bond acceptors (Lipinski definition) is 4. The first-order valence-corrected chi connectivity index (χ1v) is 6.14. The quantitative estimate of drug-likeness (QED) is 0.755. The highest BCUT2D eigenvalue weighted by Crippen LogP contribution is 2.26. The Morgan fingerprint density at radius 1 is 1.63 bits per heavy atom. The van der Waals surface area contributed by atoms with Crippen LogP contribution in [0, 0.1) is 11.3 Å². The van der Waals surface area contributed by atoms with Gasteiger partial charge in [0.05, 0.1) is 13.1 Å². The van der Waals surface area contributed by atoms with Crippen molar-refractivity contribution < 1.29 is 9.53 Å². The molecule has 5 nitrogen and oxygen atoms in total. The van der Waals surface area contributed by atoms with Crippen LogP contribution in [-0.4, -0.2) is 28.9 Å². The van der Waals surface area contributed by atoms with Crippen LogP contribution in [0.15, 0.2) is 24.5 Å². The van der Waals surface area contributed by atoms with Gasteiger partial charge in [-0.3, -0.25) is 9.78 Å². The normalized spacial score (nSPS) is 13.8. The van der Waals surface area contributed by atoms with Crippen LogP contribution in [0.5, 0.6) is 5.75 Å². The van der Waals surface area contributed by atoms with Crippen molar-refractivity contribution >= 4 is 5.91 Å². The Bertz CT molecular complexity index is 560. The Morgan fingerprint density at radius 3 is 3.11 bits per heavy atom. The molecule has 2 heterocycles. The van der Waals surface area contributed by atoms with Crippen LogP contribution >= 0.6 is 0 Å². The molecule has 0 saturated heterocycles. The summed E-state index contributed by atoms with van der Waals surface area (Å²) in [6.07, 6.45) is 3.73. The summed E-state index contributed by atoms with van der Waals surface area (Å²) < 4.78 is 5.58. The molecule has 1 amide bonds. The van der Waals surface area contributed by atoms with Crippen molar-refractivity contribution in [3.8, 4) is 11.8 Å². The second kappa shape index (κ2) is 5.53. The van der Waals surface area contributed by atoms with Crippen LogP contribution in [0.4, 0.5) is 0 Å². The predicted molar refractivity (Wildman–Crippen MR) is 69.3 cm³/mol. The van der Waals surface area contributed by atoms with E-state index in [4.69, 9.17) is 10.00 Å². The molecular weight excluding hydrogens is 242 g/mol. The van der Waals surface area contributed by atoms with Crippen LogP contribution in [0.1, 0.15) is 24.5 Å². The van der Waals surface area contributed by atoms with Crippen molar-refractivity contribution in [2.24, 2.45) is 0 Å². The summed E-state index contributed by atoms with van der Waals surface area (Å²) in [5.74, 6) is 0.469. The molecule has 1 aliphatic heterocycles. The summed E-state index contributed by atoms with van der Waals surface area (Å²) in [6, 6.07) is 2.05. The van der Waals surface area contributed by atoms with E-state index >= 15 is 0 Å². The standard InChI is InChI=1S/C14H15N3O2/c1-3-10(2)14(18)17-4-5-19-13-11(6-15)7-16-8-12(13)9-17/h7-8H,2-5,9H2,1H3. The topological polar surface area (TPSA) is 66.2 Å². The molecule has 0 atom stereocenters. The van der Waals surface area contributed by atoms with Crippen molar-refractivity contribution in [3.63, 3.8) is 0 Å². The largest absolute Gasteiger partial charge is 0.490 e. The number of aromatic nitrogens is 1. The molecular formula is C14H15N3O2. The first kappa shape index (κ1) is 13.1. The van der Waals surface area contributed by atoms with E-state index in [0.717, 1.165) is 5.56 Å². The maximum Gasteiger partial charge on any atom is 0.249 e. The van der Waals surface area contributed by atoms with Gasteiger partial charge in [0.1, 0.15) is 24.0 Å². The van der Waals surface area contributed by atoms with Gasteiger partial charge < -0.3 is 9.64 Å². The average molecular weight is 257 g/mol. The number of pyridine rings is 1.